The molecule has 2 rings (SSSR count). The lowest BCUT2D eigenvalue weighted by molar-refractivity contribution is 0.628. The molecule has 2 N–H and O–H groups in total. The van der Waals surface area contributed by atoms with E-state index in [9.17, 15) is 8.60 Å². The van der Waals surface area contributed by atoms with Gasteiger partial charge in [-0.2, -0.15) is 0 Å². The molecule has 0 saturated heterocycles. The van der Waals surface area contributed by atoms with E-state index in [-0.39, 0.29) is 11.6 Å². The average Bonchev–Trinajstić information content (AvgIpc) is 2.33. The number of hydrogen-bond donors (Lipinski definition) is 1. The number of benzene rings is 2. The quantitative estimate of drug-likeness (QED) is 0.877. The largest absolute Gasteiger partial charge is 0.398 e. The first-order chi connectivity index (χ1) is 8.56. The molecule has 2 nitrogen and oxygen atoms in total. The third-order valence-electron chi connectivity index (χ3n) is 2.47. The minimum Gasteiger partial charge on any atom is -0.398 e. The molecule has 0 radical (unpaired) electrons. The standard InChI is InChI=1S/C13H11BrFNOS/c14-10-2-5-12(6-3-10)18(17)8-9-1-4-11(15)7-13(9)16/h1-7H,8,16H2. The smallest absolute Gasteiger partial charge is 0.125 e. The summed E-state index contributed by atoms with van der Waals surface area (Å²) >= 11 is 3.32. The van der Waals surface area contributed by atoms with Crippen LogP contribution in [0.25, 0.3) is 0 Å². The zero-order valence-corrected chi connectivity index (χ0v) is 11.8. The van der Waals surface area contributed by atoms with Gasteiger partial charge in [-0.15, -0.1) is 0 Å². The zero-order chi connectivity index (χ0) is 13.1. The van der Waals surface area contributed by atoms with Crippen LogP contribution in [0.2, 0.25) is 0 Å². The van der Waals surface area contributed by atoms with Crippen LogP contribution in [0.15, 0.2) is 51.8 Å². The summed E-state index contributed by atoms with van der Waals surface area (Å²) in [6.07, 6.45) is 0. The lowest BCUT2D eigenvalue weighted by atomic mass is 10.2. The normalized spacial score (nSPS) is 12.3. The summed E-state index contributed by atoms with van der Waals surface area (Å²) in [5, 5.41) is 0. The van der Waals surface area contributed by atoms with Crippen molar-refractivity contribution in [1.29, 1.82) is 0 Å². The molecule has 0 amide bonds. The molecule has 2 aromatic carbocycles. The molecule has 0 spiro atoms. The van der Waals surface area contributed by atoms with Gasteiger partial charge >= 0.3 is 0 Å². The van der Waals surface area contributed by atoms with Crippen molar-refractivity contribution in [3.63, 3.8) is 0 Å². The third-order valence-corrected chi connectivity index (χ3v) is 4.37. The van der Waals surface area contributed by atoms with Crippen LogP contribution in [0.3, 0.4) is 0 Å². The van der Waals surface area contributed by atoms with Gasteiger partial charge in [0.15, 0.2) is 0 Å². The number of rotatable bonds is 3. The first-order valence-electron chi connectivity index (χ1n) is 5.24. The van der Waals surface area contributed by atoms with Crippen molar-refractivity contribution in [3.05, 3.63) is 58.3 Å². The molecule has 5 heteroatoms. The molecule has 2 aromatic rings. The van der Waals surface area contributed by atoms with Crippen molar-refractivity contribution in [1.82, 2.24) is 0 Å². The summed E-state index contributed by atoms with van der Waals surface area (Å²) in [6.45, 7) is 0. The second kappa shape index (κ2) is 5.63. The second-order valence-corrected chi connectivity index (χ2v) is 6.15. The highest BCUT2D eigenvalue weighted by Crippen LogP contribution is 2.20. The maximum Gasteiger partial charge on any atom is 0.125 e. The van der Waals surface area contributed by atoms with Crippen molar-refractivity contribution < 1.29 is 8.60 Å². The van der Waals surface area contributed by atoms with Crippen LogP contribution < -0.4 is 5.73 Å². The Morgan fingerprint density at radius 3 is 2.44 bits per heavy atom. The number of halogens is 2. The molecule has 0 saturated carbocycles. The molecule has 0 aliphatic heterocycles. The summed E-state index contributed by atoms with van der Waals surface area (Å²) in [5.74, 6) is -0.0982. The van der Waals surface area contributed by atoms with Crippen LogP contribution in [0.4, 0.5) is 10.1 Å². The number of nitrogen functional groups attached to an aromatic ring is 1. The van der Waals surface area contributed by atoms with E-state index < -0.39 is 10.8 Å². The topological polar surface area (TPSA) is 43.1 Å². The monoisotopic (exact) mass is 327 g/mol. The van der Waals surface area contributed by atoms with Crippen molar-refractivity contribution in [3.8, 4) is 0 Å². The SMILES string of the molecule is Nc1cc(F)ccc1CS(=O)c1ccc(Br)cc1. The van der Waals surface area contributed by atoms with E-state index in [1.54, 1.807) is 18.2 Å². The molecular formula is C13H11BrFNOS. The van der Waals surface area contributed by atoms with Crippen LogP contribution >= 0.6 is 15.9 Å². The van der Waals surface area contributed by atoms with Crippen LogP contribution in [-0.4, -0.2) is 4.21 Å². The Hall–Kier alpha value is -1.20. The Morgan fingerprint density at radius 1 is 1.17 bits per heavy atom. The third kappa shape index (κ3) is 3.17. The lowest BCUT2D eigenvalue weighted by Gasteiger charge is -2.06. The van der Waals surface area contributed by atoms with Gasteiger partial charge in [-0.05, 0) is 42.0 Å². The number of hydrogen-bond acceptors (Lipinski definition) is 2. The van der Waals surface area contributed by atoms with Gasteiger partial charge in [0.2, 0.25) is 0 Å². The van der Waals surface area contributed by atoms with Crippen LogP contribution in [0, 0.1) is 5.82 Å². The summed E-state index contributed by atoms with van der Waals surface area (Å²) in [4.78, 5) is 0.724. The molecule has 0 bridgehead atoms. The van der Waals surface area contributed by atoms with Crippen LogP contribution in [0.1, 0.15) is 5.56 Å². The van der Waals surface area contributed by atoms with Crippen LogP contribution in [-0.2, 0) is 16.6 Å². The number of nitrogens with two attached hydrogens (primary N) is 1. The van der Waals surface area contributed by atoms with Gasteiger partial charge in [0.25, 0.3) is 0 Å². The summed E-state index contributed by atoms with van der Waals surface area (Å²) in [6, 6.07) is 11.4. The molecule has 0 fully saturated rings. The fourth-order valence-electron chi connectivity index (χ4n) is 1.51. The van der Waals surface area contributed by atoms with Gasteiger partial charge in [-0.3, -0.25) is 4.21 Å². The van der Waals surface area contributed by atoms with Crippen molar-refractivity contribution in [2.75, 3.05) is 5.73 Å². The van der Waals surface area contributed by atoms with Crippen molar-refractivity contribution in [2.45, 2.75) is 10.6 Å². The first-order valence-corrected chi connectivity index (χ1v) is 7.35. The zero-order valence-electron chi connectivity index (χ0n) is 9.40. The van der Waals surface area contributed by atoms with E-state index in [2.05, 4.69) is 15.9 Å². The molecular weight excluding hydrogens is 317 g/mol. The van der Waals surface area contributed by atoms with Gasteiger partial charge in [-0.25, -0.2) is 4.39 Å². The van der Waals surface area contributed by atoms with Gasteiger partial charge in [0, 0.05) is 15.1 Å². The van der Waals surface area contributed by atoms with E-state index in [1.165, 1.54) is 12.1 Å². The first kappa shape index (κ1) is 13.2. The maximum atomic E-state index is 12.9. The predicted octanol–water partition coefficient (Wildman–Crippen LogP) is 3.48. The summed E-state index contributed by atoms with van der Waals surface area (Å²) in [5.41, 5.74) is 6.72. The average molecular weight is 328 g/mol. The highest BCUT2D eigenvalue weighted by molar-refractivity contribution is 9.10. The second-order valence-electron chi connectivity index (χ2n) is 3.79. The molecule has 1 unspecified atom stereocenters. The van der Waals surface area contributed by atoms with E-state index in [0.717, 1.165) is 9.37 Å². The predicted molar refractivity (Wildman–Crippen MR) is 75.1 cm³/mol. The lowest BCUT2D eigenvalue weighted by Crippen LogP contribution is -2.01. The maximum absolute atomic E-state index is 12.9. The molecule has 0 aromatic heterocycles. The van der Waals surface area contributed by atoms with Gasteiger partial charge < -0.3 is 5.73 Å². The summed E-state index contributed by atoms with van der Waals surface area (Å²) in [7, 11) is -1.18. The highest BCUT2D eigenvalue weighted by Gasteiger charge is 2.08. The molecule has 18 heavy (non-hydrogen) atoms. The Kier molecular flexibility index (Phi) is 4.14. The van der Waals surface area contributed by atoms with Crippen LogP contribution in [0.5, 0.6) is 0 Å². The Morgan fingerprint density at radius 2 is 1.83 bits per heavy atom. The minimum atomic E-state index is -1.18. The van der Waals surface area contributed by atoms with E-state index in [0.29, 0.717) is 11.3 Å². The highest BCUT2D eigenvalue weighted by atomic mass is 79.9. The van der Waals surface area contributed by atoms with Gasteiger partial charge in [0.1, 0.15) is 5.82 Å². The Labute approximate surface area is 116 Å². The van der Waals surface area contributed by atoms with Gasteiger partial charge in [0.05, 0.1) is 16.6 Å². The number of anilines is 1. The fourth-order valence-corrected chi connectivity index (χ4v) is 2.92. The molecule has 1 atom stereocenters. The Bertz CT molecular complexity index is 586. The van der Waals surface area contributed by atoms with E-state index in [1.807, 2.05) is 12.1 Å². The van der Waals surface area contributed by atoms with E-state index in [4.69, 9.17) is 5.73 Å². The minimum absolute atomic E-state index is 0.285. The molecule has 94 valence electrons. The van der Waals surface area contributed by atoms with Crippen molar-refractivity contribution in [2.24, 2.45) is 0 Å². The fraction of sp³-hybridized carbons (Fsp3) is 0.0769. The molecule has 0 heterocycles. The van der Waals surface area contributed by atoms with Crippen molar-refractivity contribution >= 4 is 32.4 Å². The van der Waals surface area contributed by atoms with E-state index >= 15 is 0 Å². The molecule has 0 aliphatic carbocycles. The van der Waals surface area contributed by atoms with Gasteiger partial charge in [-0.1, -0.05) is 22.0 Å². The summed E-state index contributed by atoms with van der Waals surface area (Å²) < 4.78 is 25.9. The molecule has 0 aliphatic rings. The Balaban J connectivity index is 2.18.